The van der Waals surface area contributed by atoms with Gasteiger partial charge in [-0.2, -0.15) is 0 Å². The van der Waals surface area contributed by atoms with Crippen LogP contribution < -0.4 is 5.73 Å². The monoisotopic (exact) mass is 233 g/mol. The van der Waals surface area contributed by atoms with E-state index in [2.05, 4.69) is 18.4 Å². The minimum absolute atomic E-state index is 0.136. The number of nitrogen functional groups attached to an aromatic ring is 1. The number of thiophene rings is 1. The van der Waals surface area contributed by atoms with Gasteiger partial charge in [-0.15, -0.1) is 11.3 Å². The van der Waals surface area contributed by atoms with Crippen molar-refractivity contribution in [2.75, 3.05) is 12.3 Å². The number of nitrogens with two attached hydrogens (primary N) is 1. The van der Waals surface area contributed by atoms with Crippen molar-refractivity contribution in [3.8, 4) is 10.4 Å². The molecule has 16 heavy (non-hydrogen) atoms. The van der Waals surface area contributed by atoms with E-state index < -0.39 is 0 Å². The maximum atomic E-state index is 8.96. The number of para-hydroxylation sites is 1. The van der Waals surface area contributed by atoms with Crippen molar-refractivity contribution in [2.45, 2.75) is 13.3 Å². The van der Waals surface area contributed by atoms with Gasteiger partial charge < -0.3 is 10.8 Å². The van der Waals surface area contributed by atoms with Crippen molar-refractivity contribution in [1.29, 1.82) is 0 Å². The summed E-state index contributed by atoms with van der Waals surface area (Å²) in [6.45, 7) is 2.21. The highest BCUT2D eigenvalue weighted by atomic mass is 32.1. The predicted molar refractivity (Wildman–Crippen MR) is 69.7 cm³/mol. The summed E-state index contributed by atoms with van der Waals surface area (Å²) in [5.41, 5.74) is 10.2. The van der Waals surface area contributed by atoms with Gasteiger partial charge in [0.15, 0.2) is 0 Å². The van der Waals surface area contributed by atoms with Crippen LogP contribution in [0, 0.1) is 6.92 Å². The summed E-state index contributed by atoms with van der Waals surface area (Å²) in [4.78, 5) is 1.19. The molecule has 0 saturated carbocycles. The van der Waals surface area contributed by atoms with Crippen LogP contribution in [0.15, 0.2) is 29.6 Å². The topological polar surface area (TPSA) is 46.2 Å². The molecule has 2 rings (SSSR count). The van der Waals surface area contributed by atoms with Crippen LogP contribution in [0.1, 0.15) is 11.1 Å². The van der Waals surface area contributed by atoms with Gasteiger partial charge in [-0.05, 0) is 35.9 Å². The minimum atomic E-state index is 0.136. The average Bonchev–Trinajstić information content (AvgIpc) is 2.68. The first-order valence-electron chi connectivity index (χ1n) is 5.26. The Morgan fingerprint density at radius 2 is 2.19 bits per heavy atom. The largest absolute Gasteiger partial charge is 0.398 e. The zero-order valence-electron chi connectivity index (χ0n) is 9.23. The van der Waals surface area contributed by atoms with E-state index in [0.29, 0.717) is 6.42 Å². The van der Waals surface area contributed by atoms with Crippen molar-refractivity contribution >= 4 is 17.0 Å². The number of anilines is 1. The van der Waals surface area contributed by atoms with E-state index in [1.807, 2.05) is 18.2 Å². The smallest absolute Gasteiger partial charge is 0.0472 e. The molecule has 0 bridgehead atoms. The molecule has 2 nitrogen and oxygen atoms in total. The van der Waals surface area contributed by atoms with Gasteiger partial charge in [0.05, 0.1) is 0 Å². The fraction of sp³-hybridized carbons (Fsp3) is 0.231. The fourth-order valence-electron chi connectivity index (χ4n) is 1.74. The summed E-state index contributed by atoms with van der Waals surface area (Å²) < 4.78 is 0. The molecule has 3 heteroatoms. The van der Waals surface area contributed by atoms with E-state index in [4.69, 9.17) is 10.8 Å². The van der Waals surface area contributed by atoms with Gasteiger partial charge in [0, 0.05) is 22.7 Å². The Balaban J connectivity index is 2.45. The summed E-state index contributed by atoms with van der Waals surface area (Å²) in [5.74, 6) is 0. The predicted octanol–water partition coefficient (Wildman–Crippen LogP) is 2.84. The first kappa shape index (κ1) is 11.2. The van der Waals surface area contributed by atoms with Crippen LogP contribution >= 0.6 is 11.3 Å². The van der Waals surface area contributed by atoms with Crippen LogP contribution in [0.5, 0.6) is 0 Å². The second-order valence-electron chi connectivity index (χ2n) is 3.84. The second kappa shape index (κ2) is 4.68. The molecule has 84 valence electrons. The highest BCUT2D eigenvalue weighted by Gasteiger charge is 2.08. The molecule has 3 N–H and O–H groups in total. The minimum Gasteiger partial charge on any atom is -0.398 e. The van der Waals surface area contributed by atoms with Crippen LogP contribution in [-0.2, 0) is 6.42 Å². The molecule has 2 aromatic rings. The zero-order valence-corrected chi connectivity index (χ0v) is 10.1. The third-order valence-corrected chi connectivity index (χ3v) is 3.65. The average molecular weight is 233 g/mol. The van der Waals surface area contributed by atoms with Crippen LogP contribution in [-0.4, -0.2) is 11.7 Å². The van der Waals surface area contributed by atoms with Gasteiger partial charge in [0.25, 0.3) is 0 Å². The summed E-state index contributed by atoms with van der Waals surface area (Å²) in [5, 5.41) is 11.1. The number of aliphatic hydroxyl groups is 1. The highest BCUT2D eigenvalue weighted by molar-refractivity contribution is 7.13. The van der Waals surface area contributed by atoms with Crippen LogP contribution in [0.3, 0.4) is 0 Å². The van der Waals surface area contributed by atoms with E-state index >= 15 is 0 Å². The molecule has 0 saturated heterocycles. The standard InChI is InChI=1S/C13H15NOS/c1-9-7-12(16-8-9)11-4-2-3-10(5-6-15)13(11)14/h2-4,7-8,15H,5-6,14H2,1H3. The molecule has 0 aliphatic carbocycles. The van der Waals surface area contributed by atoms with Gasteiger partial charge in [-0.1, -0.05) is 18.2 Å². The normalized spacial score (nSPS) is 10.6. The second-order valence-corrected chi connectivity index (χ2v) is 4.75. The van der Waals surface area contributed by atoms with E-state index in [1.54, 1.807) is 11.3 Å². The van der Waals surface area contributed by atoms with Gasteiger partial charge in [0.2, 0.25) is 0 Å². The first-order valence-corrected chi connectivity index (χ1v) is 6.14. The van der Waals surface area contributed by atoms with Crippen molar-refractivity contribution in [3.63, 3.8) is 0 Å². The molecule has 0 unspecified atom stereocenters. The Morgan fingerprint density at radius 3 is 2.81 bits per heavy atom. The number of aryl methyl sites for hydroxylation is 1. The van der Waals surface area contributed by atoms with Crippen LogP contribution in [0.4, 0.5) is 5.69 Å². The number of aliphatic hydroxyl groups excluding tert-OH is 1. The Labute approximate surface area is 99.4 Å². The third-order valence-electron chi connectivity index (χ3n) is 2.57. The lowest BCUT2D eigenvalue weighted by molar-refractivity contribution is 0.300. The maximum Gasteiger partial charge on any atom is 0.0472 e. The van der Waals surface area contributed by atoms with Crippen molar-refractivity contribution < 1.29 is 5.11 Å². The third kappa shape index (κ3) is 2.10. The molecule has 1 aromatic carbocycles. The fourth-order valence-corrected chi connectivity index (χ4v) is 2.68. The molecule has 0 aliphatic rings. The SMILES string of the molecule is Cc1csc(-c2cccc(CCO)c2N)c1. The Bertz CT molecular complexity index is 490. The summed E-state index contributed by atoms with van der Waals surface area (Å²) in [7, 11) is 0. The lowest BCUT2D eigenvalue weighted by Gasteiger charge is -2.08. The Hall–Kier alpha value is -1.32. The lowest BCUT2D eigenvalue weighted by atomic mass is 10.0. The molecule has 0 fully saturated rings. The summed E-state index contributed by atoms with van der Waals surface area (Å²) in [6.07, 6.45) is 0.615. The molecule has 1 aromatic heterocycles. The molecule has 0 aliphatic heterocycles. The maximum absolute atomic E-state index is 8.96. The number of benzene rings is 1. The quantitative estimate of drug-likeness (QED) is 0.801. The number of hydrogen-bond acceptors (Lipinski definition) is 3. The molecular formula is C13H15NOS. The van der Waals surface area contributed by atoms with Crippen molar-refractivity contribution in [2.24, 2.45) is 0 Å². The molecule has 0 radical (unpaired) electrons. The lowest BCUT2D eigenvalue weighted by Crippen LogP contribution is -1.99. The van der Waals surface area contributed by atoms with E-state index in [1.165, 1.54) is 10.4 Å². The van der Waals surface area contributed by atoms with Crippen molar-refractivity contribution in [1.82, 2.24) is 0 Å². The van der Waals surface area contributed by atoms with Gasteiger partial charge in [-0.3, -0.25) is 0 Å². The molecule has 1 heterocycles. The Kier molecular flexibility index (Phi) is 3.27. The van der Waals surface area contributed by atoms with Crippen LogP contribution in [0.25, 0.3) is 10.4 Å². The summed E-state index contributed by atoms with van der Waals surface area (Å²) >= 11 is 1.70. The van der Waals surface area contributed by atoms with Crippen LogP contribution in [0.2, 0.25) is 0 Å². The molecule has 0 amide bonds. The van der Waals surface area contributed by atoms with Crippen molar-refractivity contribution in [3.05, 3.63) is 40.8 Å². The molecule has 0 spiro atoms. The van der Waals surface area contributed by atoms with Gasteiger partial charge >= 0.3 is 0 Å². The zero-order chi connectivity index (χ0) is 11.5. The van der Waals surface area contributed by atoms with E-state index in [0.717, 1.165) is 16.8 Å². The first-order chi connectivity index (χ1) is 7.72. The Morgan fingerprint density at radius 1 is 1.38 bits per heavy atom. The molecule has 0 atom stereocenters. The van der Waals surface area contributed by atoms with Gasteiger partial charge in [0.1, 0.15) is 0 Å². The number of hydrogen-bond donors (Lipinski definition) is 2. The highest BCUT2D eigenvalue weighted by Crippen LogP contribution is 2.33. The number of rotatable bonds is 3. The molecular weight excluding hydrogens is 218 g/mol. The summed E-state index contributed by atoms with van der Waals surface area (Å²) in [6, 6.07) is 8.13. The van der Waals surface area contributed by atoms with Gasteiger partial charge in [-0.25, -0.2) is 0 Å². The van der Waals surface area contributed by atoms with E-state index in [-0.39, 0.29) is 6.61 Å². The van der Waals surface area contributed by atoms with E-state index in [9.17, 15) is 0 Å².